The van der Waals surface area contributed by atoms with Gasteiger partial charge in [0.25, 0.3) is 11.8 Å². The second-order valence-electron chi connectivity index (χ2n) is 18.3. The smallest absolute Gasteiger partial charge is 0.341 e. The van der Waals surface area contributed by atoms with Crippen molar-refractivity contribution in [3.63, 3.8) is 0 Å². The van der Waals surface area contributed by atoms with E-state index in [1.54, 1.807) is 49.7 Å². The highest BCUT2D eigenvalue weighted by molar-refractivity contribution is 6.08. The van der Waals surface area contributed by atoms with Crippen LogP contribution in [-0.4, -0.2) is 85.0 Å². The van der Waals surface area contributed by atoms with Gasteiger partial charge >= 0.3 is 12.1 Å². The lowest BCUT2D eigenvalue weighted by Gasteiger charge is -2.37. The predicted octanol–water partition coefficient (Wildman–Crippen LogP) is 9.62. The summed E-state index contributed by atoms with van der Waals surface area (Å²) >= 11 is 0. The number of aryl methyl sites for hydroxylation is 2. The second-order valence-corrected chi connectivity index (χ2v) is 18.3. The molecule has 0 unspecified atom stereocenters. The second kappa shape index (κ2) is 23.4. The first-order valence-corrected chi connectivity index (χ1v) is 24.5. The van der Waals surface area contributed by atoms with E-state index in [0.29, 0.717) is 89.5 Å². The number of aromatic nitrogens is 1. The monoisotopic (exact) mass is 961 g/mol. The normalized spacial score (nSPS) is 13.8. The Hall–Kier alpha value is -8.49. The number of likely N-dealkylation sites (tertiary alicyclic amines) is 2. The lowest BCUT2D eigenvalue weighted by atomic mass is 9.89. The van der Waals surface area contributed by atoms with Crippen molar-refractivity contribution in [2.24, 2.45) is 0 Å². The van der Waals surface area contributed by atoms with Crippen molar-refractivity contribution < 1.29 is 23.9 Å². The summed E-state index contributed by atoms with van der Waals surface area (Å²) in [5.41, 5.74) is 7.64. The molecule has 2 aliphatic heterocycles. The first-order chi connectivity index (χ1) is 35.0. The fourth-order valence-electron chi connectivity index (χ4n) is 9.62. The fourth-order valence-corrected chi connectivity index (χ4v) is 9.62. The highest BCUT2D eigenvalue weighted by atomic mass is 16.5. The number of carbonyl (C=O) groups is 4. The summed E-state index contributed by atoms with van der Waals surface area (Å²) in [6.07, 6.45) is 5.49. The lowest BCUT2D eigenvalue weighted by molar-refractivity contribution is 0.0705. The molecule has 1 aromatic heterocycles. The Labute approximate surface area is 421 Å². The number of anilines is 2. The number of hydrogen-bond donors (Lipinski definition) is 2. The number of piperidine rings is 2. The van der Waals surface area contributed by atoms with Crippen molar-refractivity contribution in [2.45, 2.75) is 64.2 Å². The standard InChI is InChI=1S/C58H59N9O5/c1-40-11-17-49(55(68)64-32-25-46(26-33-64)44-19-13-42(38-59)14-20-44)36-52(40)66(57(70)62-30-23-48-8-4-5-10-54(48)72-3)67(58(71)63-31-24-51-9-6-7-29-61-51)53-37-50(18-12-41(53)2)56(69)65-34-27-47(28-35-65)45-21-15-43(39-60)16-22-45/h4-22,29,36-37,46-47H,23-28,30-35H2,1-3H3,(H,62,70)(H,63,71). The van der Waals surface area contributed by atoms with E-state index in [9.17, 15) is 20.1 Å². The van der Waals surface area contributed by atoms with Crippen LogP contribution >= 0.6 is 0 Å². The Morgan fingerprint density at radius 3 is 1.51 bits per heavy atom. The van der Waals surface area contributed by atoms with Crippen molar-refractivity contribution >= 4 is 35.3 Å². The average Bonchev–Trinajstić information content (AvgIpc) is 3.43. The van der Waals surface area contributed by atoms with Crippen LogP contribution in [0.15, 0.2) is 134 Å². The first kappa shape index (κ1) is 49.9. The molecule has 0 aliphatic carbocycles. The van der Waals surface area contributed by atoms with Crippen LogP contribution in [-0.2, 0) is 12.8 Å². The Morgan fingerprint density at radius 2 is 1.07 bits per heavy atom. The molecule has 14 heteroatoms. The molecule has 72 heavy (non-hydrogen) atoms. The van der Waals surface area contributed by atoms with Crippen molar-refractivity contribution in [3.05, 3.63) is 189 Å². The molecule has 0 saturated carbocycles. The van der Waals surface area contributed by atoms with E-state index in [2.05, 4.69) is 27.8 Å². The third kappa shape index (κ3) is 11.7. The number of methoxy groups -OCH3 is 1. The van der Waals surface area contributed by atoms with Crippen LogP contribution in [0, 0.1) is 36.5 Å². The molecular weight excluding hydrogens is 903 g/mol. The zero-order valence-electron chi connectivity index (χ0n) is 41.0. The van der Waals surface area contributed by atoms with Crippen LogP contribution < -0.4 is 25.4 Å². The minimum atomic E-state index is -0.637. The largest absolute Gasteiger partial charge is 0.496 e. The highest BCUT2D eigenvalue weighted by Crippen LogP contribution is 2.34. The Balaban J connectivity index is 1.12. The van der Waals surface area contributed by atoms with Crippen molar-refractivity contribution in [1.29, 1.82) is 10.5 Å². The van der Waals surface area contributed by atoms with E-state index in [1.807, 2.05) is 115 Å². The number of benzene rings is 5. The number of hydrazine groups is 1. The number of rotatable bonds is 13. The molecular formula is C58H59N9O5. The van der Waals surface area contributed by atoms with Gasteiger partial charge in [-0.15, -0.1) is 0 Å². The third-order valence-electron chi connectivity index (χ3n) is 13.8. The van der Waals surface area contributed by atoms with Crippen LogP contribution in [0.2, 0.25) is 0 Å². The number of nitrogens with one attached hydrogen (secondary N) is 2. The SMILES string of the molecule is COc1ccccc1CCNC(=O)N(c1cc(C(=O)N2CCC(c3ccc(C#N)cc3)CC2)ccc1C)N(C(=O)NCCc1ccccn1)c1cc(C(=O)N2CCC(c3ccc(C#N)cc3)CC2)ccc1C. The number of urea groups is 2. The van der Waals surface area contributed by atoms with Gasteiger partial charge in [0.15, 0.2) is 0 Å². The van der Waals surface area contributed by atoms with Crippen molar-refractivity contribution in [3.8, 4) is 17.9 Å². The molecule has 2 N–H and O–H groups in total. The number of hydrogen-bond acceptors (Lipinski definition) is 8. The number of para-hydroxylation sites is 1. The fraction of sp³-hybridized carbons (Fsp3) is 0.293. The molecule has 8 rings (SSSR count). The van der Waals surface area contributed by atoms with Crippen LogP contribution in [0.5, 0.6) is 5.75 Å². The van der Waals surface area contributed by atoms with Gasteiger partial charge in [-0.2, -0.15) is 20.5 Å². The number of nitrogens with zero attached hydrogens (tertiary/aromatic N) is 7. The molecule has 0 spiro atoms. The van der Waals surface area contributed by atoms with Gasteiger partial charge in [0.05, 0.1) is 41.7 Å². The molecule has 0 radical (unpaired) electrons. The van der Waals surface area contributed by atoms with Gasteiger partial charge in [-0.05, 0) is 152 Å². The Bertz CT molecular complexity index is 2970. The van der Waals surface area contributed by atoms with Gasteiger partial charge < -0.3 is 25.2 Å². The average molecular weight is 962 g/mol. The number of amides is 6. The molecule has 2 aliphatic rings. The van der Waals surface area contributed by atoms with Crippen LogP contribution in [0.3, 0.4) is 0 Å². The number of nitriles is 2. The van der Waals surface area contributed by atoms with Crippen LogP contribution in [0.25, 0.3) is 0 Å². The number of pyridine rings is 1. The summed E-state index contributed by atoms with van der Waals surface area (Å²) in [7, 11) is 1.60. The number of ether oxygens (including phenoxy) is 1. The highest BCUT2D eigenvalue weighted by Gasteiger charge is 2.34. The van der Waals surface area contributed by atoms with Gasteiger partial charge in [-0.25, -0.2) is 9.59 Å². The summed E-state index contributed by atoms with van der Waals surface area (Å²) in [6.45, 7) is 6.05. The van der Waals surface area contributed by atoms with E-state index >= 15 is 9.59 Å². The predicted molar refractivity (Wildman–Crippen MR) is 277 cm³/mol. The number of carbonyl (C=O) groups excluding carboxylic acids is 4. The molecule has 0 bridgehead atoms. The third-order valence-corrected chi connectivity index (χ3v) is 13.8. The molecule has 2 fully saturated rings. The first-order valence-electron chi connectivity index (χ1n) is 24.5. The zero-order chi connectivity index (χ0) is 50.6. The van der Waals surface area contributed by atoms with E-state index < -0.39 is 12.1 Å². The van der Waals surface area contributed by atoms with Crippen LogP contribution in [0.4, 0.5) is 21.0 Å². The van der Waals surface area contributed by atoms with Crippen LogP contribution in [0.1, 0.15) is 103 Å². The van der Waals surface area contributed by atoms with Gasteiger partial charge in [0.2, 0.25) is 0 Å². The lowest BCUT2D eigenvalue weighted by Crippen LogP contribution is -2.58. The van der Waals surface area contributed by atoms with E-state index in [1.165, 1.54) is 10.0 Å². The summed E-state index contributed by atoms with van der Waals surface area (Å²) in [5, 5.41) is 27.2. The molecule has 3 heterocycles. The Kier molecular flexibility index (Phi) is 16.2. The molecule has 366 valence electrons. The summed E-state index contributed by atoms with van der Waals surface area (Å²) in [4.78, 5) is 67.3. The summed E-state index contributed by atoms with van der Waals surface area (Å²) in [6, 6.07) is 41.9. The van der Waals surface area contributed by atoms with E-state index in [4.69, 9.17) is 4.74 Å². The Morgan fingerprint density at radius 1 is 0.611 bits per heavy atom. The quantitative estimate of drug-likeness (QED) is 0.108. The summed E-state index contributed by atoms with van der Waals surface area (Å²) < 4.78 is 5.60. The molecule has 6 amide bonds. The molecule has 6 aromatic rings. The maximum absolute atomic E-state index is 15.2. The molecule has 5 aromatic carbocycles. The van der Waals surface area contributed by atoms with E-state index in [0.717, 1.165) is 48.1 Å². The van der Waals surface area contributed by atoms with E-state index in [-0.39, 0.29) is 36.7 Å². The van der Waals surface area contributed by atoms with Gasteiger partial charge in [-0.1, -0.05) is 60.7 Å². The van der Waals surface area contributed by atoms with Gasteiger partial charge in [0, 0.05) is 68.7 Å². The van der Waals surface area contributed by atoms with Gasteiger partial charge in [0.1, 0.15) is 5.75 Å². The minimum absolute atomic E-state index is 0.173. The summed E-state index contributed by atoms with van der Waals surface area (Å²) in [5.74, 6) is 0.744. The molecule has 2 saturated heterocycles. The maximum Gasteiger partial charge on any atom is 0.341 e. The van der Waals surface area contributed by atoms with Gasteiger partial charge in [-0.3, -0.25) is 14.6 Å². The maximum atomic E-state index is 15.2. The zero-order valence-corrected chi connectivity index (χ0v) is 41.0. The molecule has 0 atom stereocenters. The van der Waals surface area contributed by atoms with Crippen molar-refractivity contribution in [2.75, 3.05) is 56.4 Å². The van der Waals surface area contributed by atoms with Crippen molar-refractivity contribution in [1.82, 2.24) is 25.4 Å². The topological polar surface area (TPSA) is 175 Å². The minimum Gasteiger partial charge on any atom is -0.496 e. The molecule has 14 nitrogen and oxygen atoms in total.